The SMILES string of the molecule is COc1cc(CC=O)ccc1OCCN1CCC(c2onc3ccccc23)CC1. The van der Waals surface area contributed by atoms with Gasteiger partial charge in [-0.25, -0.2) is 0 Å². The molecule has 29 heavy (non-hydrogen) atoms. The minimum Gasteiger partial charge on any atom is -0.493 e. The van der Waals surface area contributed by atoms with Crippen LogP contribution in [-0.4, -0.2) is 49.7 Å². The quantitative estimate of drug-likeness (QED) is 0.541. The second-order valence-electron chi connectivity index (χ2n) is 7.38. The van der Waals surface area contributed by atoms with E-state index < -0.39 is 0 Å². The molecule has 1 saturated heterocycles. The Morgan fingerprint density at radius 3 is 2.79 bits per heavy atom. The first kappa shape index (κ1) is 19.5. The highest BCUT2D eigenvalue weighted by atomic mass is 16.5. The van der Waals surface area contributed by atoms with Crippen LogP contribution in [0.3, 0.4) is 0 Å². The number of fused-ring (bicyclic) bond motifs is 1. The van der Waals surface area contributed by atoms with Crippen LogP contribution in [0, 0.1) is 0 Å². The van der Waals surface area contributed by atoms with Gasteiger partial charge < -0.3 is 18.8 Å². The molecule has 3 aromatic rings. The van der Waals surface area contributed by atoms with Crippen molar-refractivity contribution in [3.05, 3.63) is 53.8 Å². The van der Waals surface area contributed by atoms with Crippen LogP contribution >= 0.6 is 0 Å². The number of aromatic nitrogens is 1. The van der Waals surface area contributed by atoms with Crippen LogP contribution in [0.5, 0.6) is 11.5 Å². The third-order valence-electron chi connectivity index (χ3n) is 5.58. The number of ether oxygens (including phenoxy) is 2. The molecule has 2 aromatic carbocycles. The first-order valence-corrected chi connectivity index (χ1v) is 10.1. The van der Waals surface area contributed by atoms with Crippen molar-refractivity contribution in [2.45, 2.75) is 25.2 Å². The summed E-state index contributed by atoms with van der Waals surface area (Å²) in [6.07, 6.45) is 3.39. The Morgan fingerprint density at radius 1 is 1.17 bits per heavy atom. The maximum Gasteiger partial charge on any atom is 0.161 e. The lowest BCUT2D eigenvalue weighted by Crippen LogP contribution is -2.35. The molecule has 0 aliphatic carbocycles. The van der Waals surface area contributed by atoms with E-state index in [9.17, 15) is 4.79 Å². The first-order valence-electron chi connectivity index (χ1n) is 10.1. The second kappa shape index (κ2) is 9.09. The molecule has 0 saturated carbocycles. The summed E-state index contributed by atoms with van der Waals surface area (Å²) in [4.78, 5) is 13.1. The van der Waals surface area contributed by atoms with E-state index in [0.717, 1.165) is 61.0 Å². The molecule has 0 unspecified atom stereocenters. The van der Waals surface area contributed by atoms with Gasteiger partial charge >= 0.3 is 0 Å². The molecule has 152 valence electrons. The topological polar surface area (TPSA) is 64.8 Å². The fourth-order valence-electron chi connectivity index (χ4n) is 3.96. The van der Waals surface area contributed by atoms with Crippen LogP contribution in [0.25, 0.3) is 10.9 Å². The molecule has 0 spiro atoms. The van der Waals surface area contributed by atoms with Crippen LogP contribution in [0.2, 0.25) is 0 Å². The average Bonchev–Trinajstić information content (AvgIpc) is 3.19. The Labute approximate surface area is 170 Å². The number of likely N-dealkylation sites (tertiary alicyclic amines) is 1. The number of methoxy groups -OCH3 is 1. The molecule has 6 heteroatoms. The van der Waals surface area contributed by atoms with Gasteiger partial charge in [-0.1, -0.05) is 23.4 Å². The molecule has 0 N–H and O–H groups in total. The fraction of sp³-hybridized carbons (Fsp3) is 0.391. The lowest BCUT2D eigenvalue weighted by atomic mass is 9.92. The lowest BCUT2D eigenvalue weighted by Gasteiger charge is -2.30. The summed E-state index contributed by atoms with van der Waals surface area (Å²) in [7, 11) is 1.62. The summed E-state index contributed by atoms with van der Waals surface area (Å²) in [5, 5.41) is 5.33. The minimum absolute atomic E-state index is 0.381. The van der Waals surface area contributed by atoms with Crippen LogP contribution in [-0.2, 0) is 11.2 Å². The van der Waals surface area contributed by atoms with Crippen LogP contribution in [0.15, 0.2) is 47.0 Å². The summed E-state index contributed by atoms with van der Waals surface area (Å²) < 4.78 is 17.0. The van der Waals surface area contributed by atoms with Gasteiger partial charge in [-0.15, -0.1) is 0 Å². The van der Waals surface area contributed by atoms with E-state index in [1.54, 1.807) is 7.11 Å². The van der Waals surface area contributed by atoms with Crippen LogP contribution in [0.4, 0.5) is 0 Å². The smallest absolute Gasteiger partial charge is 0.161 e. The zero-order chi connectivity index (χ0) is 20.1. The Morgan fingerprint density at radius 2 is 2.00 bits per heavy atom. The summed E-state index contributed by atoms with van der Waals surface area (Å²) >= 11 is 0. The van der Waals surface area contributed by atoms with Gasteiger partial charge in [0.15, 0.2) is 11.5 Å². The molecule has 1 aliphatic rings. The van der Waals surface area contributed by atoms with E-state index in [1.165, 1.54) is 0 Å². The normalized spacial score (nSPS) is 15.5. The Balaban J connectivity index is 1.28. The van der Waals surface area contributed by atoms with E-state index in [-0.39, 0.29) is 0 Å². The monoisotopic (exact) mass is 394 g/mol. The molecule has 6 nitrogen and oxygen atoms in total. The summed E-state index contributed by atoms with van der Waals surface area (Å²) in [5.41, 5.74) is 1.86. The van der Waals surface area contributed by atoms with E-state index in [0.29, 0.717) is 30.4 Å². The van der Waals surface area contributed by atoms with Gasteiger partial charge in [0, 0.05) is 24.3 Å². The standard InChI is InChI=1S/C23H26N2O4/c1-27-22-16-17(10-14-26)6-7-21(22)28-15-13-25-11-8-18(9-12-25)23-19-4-2-3-5-20(19)24-29-23/h2-7,14,16,18H,8-13,15H2,1H3. The predicted octanol–water partition coefficient (Wildman–Crippen LogP) is 3.84. The third kappa shape index (κ3) is 4.43. The Kier molecular flexibility index (Phi) is 6.10. The summed E-state index contributed by atoms with van der Waals surface area (Å²) in [5.74, 6) is 2.83. The van der Waals surface area contributed by atoms with Crippen molar-refractivity contribution in [1.29, 1.82) is 0 Å². The Hall–Kier alpha value is -2.86. The molecule has 0 amide bonds. The van der Waals surface area contributed by atoms with E-state index in [4.69, 9.17) is 14.0 Å². The van der Waals surface area contributed by atoms with E-state index >= 15 is 0 Å². The predicted molar refractivity (Wildman–Crippen MR) is 111 cm³/mol. The third-order valence-corrected chi connectivity index (χ3v) is 5.58. The maximum absolute atomic E-state index is 10.7. The van der Waals surface area contributed by atoms with E-state index in [2.05, 4.69) is 16.1 Å². The molecular formula is C23H26N2O4. The highest BCUT2D eigenvalue weighted by Crippen LogP contribution is 2.33. The van der Waals surface area contributed by atoms with Crippen molar-refractivity contribution in [2.75, 3.05) is 33.4 Å². The van der Waals surface area contributed by atoms with Gasteiger partial charge in [-0.3, -0.25) is 4.90 Å². The number of hydrogen-bond acceptors (Lipinski definition) is 6. The molecule has 1 aromatic heterocycles. The second-order valence-corrected chi connectivity index (χ2v) is 7.38. The lowest BCUT2D eigenvalue weighted by molar-refractivity contribution is -0.107. The highest BCUT2D eigenvalue weighted by Gasteiger charge is 2.25. The molecule has 2 heterocycles. The van der Waals surface area contributed by atoms with Crippen molar-refractivity contribution >= 4 is 17.2 Å². The number of hydrogen-bond donors (Lipinski definition) is 0. The number of aldehydes is 1. The van der Waals surface area contributed by atoms with Gasteiger partial charge in [0.25, 0.3) is 0 Å². The molecule has 1 aliphatic heterocycles. The summed E-state index contributed by atoms with van der Waals surface area (Å²) in [6, 6.07) is 13.7. The van der Waals surface area contributed by atoms with Gasteiger partial charge in [0.05, 0.1) is 7.11 Å². The fourth-order valence-corrected chi connectivity index (χ4v) is 3.96. The van der Waals surface area contributed by atoms with Gasteiger partial charge in [-0.2, -0.15) is 0 Å². The molecule has 0 radical (unpaired) electrons. The van der Waals surface area contributed by atoms with Gasteiger partial charge in [0.1, 0.15) is 24.2 Å². The zero-order valence-electron chi connectivity index (χ0n) is 16.7. The molecule has 4 rings (SSSR count). The molecule has 0 atom stereocenters. The van der Waals surface area contributed by atoms with Crippen molar-refractivity contribution in [3.63, 3.8) is 0 Å². The first-order chi connectivity index (χ1) is 14.3. The number of benzene rings is 2. The number of carbonyl (C=O) groups excluding carboxylic acids is 1. The summed E-state index contributed by atoms with van der Waals surface area (Å²) in [6.45, 7) is 3.49. The van der Waals surface area contributed by atoms with Crippen molar-refractivity contribution in [3.8, 4) is 11.5 Å². The van der Waals surface area contributed by atoms with Gasteiger partial charge in [-0.05, 0) is 55.8 Å². The average molecular weight is 394 g/mol. The van der Waals surface area contributed by atoms with Crippen LogP contribution < -0.4 is 9.47 Å². The maximum atomic E-state index is 10.7. The largest absolute Gasteiger partial charge is 0.493 e. The van der Waals surface area contributed by atoms with Crippen molar-refractivity contribution in [1.82, 2.24) is 10.1 Å². The van der Waals surface area contributed by atoms with Crippen molar-refractivity contribution < 1.29 is 18.8 Å². The van der Waals surface area contributed by atoms with Crippen molar-refractivity contribution in [2.24, 2.45) is 0 Å². The van der Waals surface area contributed by atoms with E-state index in [1.807, 2.05) is 36.4 Å². The molecule has 0 bridgehead atoms. The highest BCUT2D eigenvalue weighted by molar-refractivity contribution is 5.80. The van der Waals surface area contributed by atoms with Gasteiger partial charge in [0.2, 0.25) is 0 Å². The zero-order valence-corrected chi connectivity index (χ0v) is 16.7. The molecular weight excluding hydrogens is 368 g/mol. The minimum atomic E-state index is 0.381. The molecule has 1 fully saturated rings. The van der Waals surface area contributed by atoms with Crippen LogP contribution in [0.1, 0.15) is 30.1 Å². The Bertz CT molecular complexity index is 960. The number of rotatable bonds is 8. The number of carbonyl (C=O) groups is 1. The number of nitrogens with zero attached hydrogens (tertiary/aromatic N) is 2. The number of piperidine rings is 1.